The van der Waals surface area contributed by atoms with Gasteiger partial charge < -0.3 is 15.0 Å². The number of carbonyl (C=O) groups excluding carboxylic acids is 1. The van der Waals surface area contributed by atoms with Gasteiger partial charge in [0.1, 0.15) is 11.4 Å². The van der Waals surface area contributed by atoms with Crippen molar-refractivity contribution < 1.29 is 9.53 Å². The third-order valence-corrected chi connectivity index (χ3v) is 4.76. The molecule has 0 aliphatic carbocycles. The fourth-order valence-electron chi connectivity index (χ4n) is 2.28. The Bertz CT molecular complexity index is 565. The number of thioether (sulfide) groups is 1. The van der Waals surface area contributed by atoms with E-state index in [1.165, 1.54) is 11.8 Å². The smallest absolute Gasteiger partial charge is 0.344 e. The fourth-order valence-corrected chi connectivity index (χ4v) is 3.19. The molecule has 0 unspecified atom stereocenters. The Morgan fingerprint density at radius 3 is 2.82 bits per heavy atom. The Kier molecular flexibility index (Phi) is 6.30. The summed E-state index contributed by atoms with van der Waals surface area (Å²) < 4.78 is 5.97. The molecule has 0 radical (unpaired) electrons. The van der Waals surface area contributed by atoms with Gasteiger partial charge in [-0.15, -0.1) is 0 Å². The Hall–Kier alpha value is -1.03. The first-order chi connectivity index (χ1) is 10.6. The molecule has 0 aromatic carbocycles. The van der Waals surface area contributed by atoms with Gasteiger partial charge in [-0.25, -0.2) is 9.79 Å². The largest absolute Gasteiger partial charge is 0.462 e. The molecule has 2 heterocycles. The fraction of sp³-hybridized carbons (Fsp3) is 0.500. The number of allylic oxidation sites excluding steroid dienone is 1. The van der Waals surface area contributed by atoms with E-state index in [9.17, 15) is 4.79 Å². The summed E-state index contributed by atoms with van der Waals surface area (Å²) in [6.45, 7) is 3.66. The molecule has 8 heteroatoms. The van der Waals surface area contributed by atoms with Gasteiger partial charge in [0.2, 0.25) is 0 Å². The number of hydrogen-bond acceptors (Lipinski definition) is 6. The predicted octanol–water partition coefficient (Wildman–Crippen LogP) is 2.48. The highest BCUT2D eigenvalue weighted by Gasteiger charge is 2.29. The van der Waals surface area contributed by atoms with Crippen molar-refractivity contribution in [2.45, 2.75) is 19.8 Å². The average molecular weight is 434 g/mol. The van der Waals surface area contributed by atoms with Crippen molar-refractivity contribution in [3.63, 3.8) is 0 Å². The highest BCUT2D eigenvalue weighted by atomic mass is 127. The van der Waals surface area contributed by atoms with Crippen LogP contribution in [0, 0.1) is 5.41 Å². The molecule has 2 aliphatic heterocycles. The number of nitrogens with one attached hydrogen (secondary N) is 2. The van der Waals surface area contributed by atoms with E-state index in [0.717, 1.165) is 29.5 Å². The van der Waals surface area contributed by atoms with Crippen molar-refractivity contribution in [2.75, 3.05) is 26.0 Å². The molecule has 0 aromatic heterocycles. The summed E-state index contributed by atoms with van der Waals surface area (Å²) in [5.41, 5.74) is 0.890. The SMILES string of the molecule is CCOC(=O)/C(C(=N)N1CCCC1)=C1\NC(SC)=NC=C1I. The van der Waals surface area contributed by atoms with E-state index in [4.69, 9.17) is 10.1 Å². The number of halogens is 1. The van der Waals surface area contributed by atoms with Crippen LogP contribution < -0.4 is 5.32 Å². The molecule has 120 valence electrons. The number of esters is 1. The normalized spacial score (nSPS) is 20.0. The van der Waals surface area contributed by atoms with Gasteiger partial charge in [-0.1, -0.05) is 11.8 Å². The van der Waals surface area contributed by atoms with E-state index in [0.29, 0.717) is 10.9 Å². The molecule has 2 rings (SSSR count). The van der Waals surface area contributed by atoms with Gasteiger partial charge in [0.05, 0.1) is 15.9 Å². The van der Waals surface area contributed by atoms with E-state index in [1.807, 2.05) is 11.2 Å². The highest BCUT2D eigenvalue weighted by Crippen LogP contribution is 2.26. The van der Waals surface area contributed by atoms with Gasteiger partial charge in [0.15, 0.2) is 5.17 Å². The first-order valence-corrected chi connectivity index (χ1v) is 9.39. The molecule has 2 N–H and O–H groups in total. The van der Waals surface area contributed by atoms with Crippen LogP contribution in [0.25, 0.3) is 0 Å². The first-order valence-electron chi connectivity index (χ1n) is 7.08. The maximum absolute atomic E-state index is 12.4. The lowest BCUT2D eigenvalue weighted by molar-refractivity contribution is -0.138. The molecule has 22 heavy (non-hydrogen) atoms. The van der Waals surface area contributed by atoms with E-state index >= 15 is 0 Å². The molecule has 1 fully saturated rings. The van der Waals surface area contributed by atoms with Crippen LogP contribution in [0.2, 0.25) is 0 Å². The van der Waals surface area contributed by atoms with Gasteiger partial charge >= 0.3 is 5.97 Å². The van der Waals surface area contributed by atoms with Crippen molar-refractivity contribution in [3.05, 3.63) is 21.0 Å². The summed E-state index contributed by atoms with van der Waals surface area (Å²) in [5, 5.41) is 12.3. The summed E-state index contributed by atoms with van der Waals surface area (Å²) in [5.74, 6) is -0.241. The lowest BCUT2D eigenvalue weighted by Gasteiger charge is -2.24. The molecular formula is C14H19IN4O2S. The highest BCUT2D eigenvalue weighted by molar-refractivity contribution is 14.1. The molecule has 0 aromatic rings. The van der Waals surface area contributed by atoms with Gasteiger partial charge in [0.25, 0.3) is 0 Å². The maximum Gasteiger partial charge on any atom is 0.344 e. The second-order valence-corrected chi connectivity index (χ2v) is 6.71. The van der Waals surface area contributed by atoms with Crippen LogP contribution in [0.3, 0.4) is 0 Å². The predicted molar refractivity (Wildman–Crippen MR) is 98.4 cm³/mol. The minimum absolute atomic E-state index is 0.225. The quantitative estimate of drug-likeness (QED) is 0.235. The Morgan fingerprint density at radius 2 is 2.23 bits per heavy atom. The molecule has 0 saturated carbocycles. The molecular weight excluding hydrogens is 415 g/mol. The minimum atomic E-state index is -0.466. The number of ether oxygens (including phenoxy) is 1. The Morgan fingerprint density at radius 1 is 1.55 bits per heavy atom. The number of rotatable bonds is 3. The standard InChI is InChI=1S/C14H19IN4O2S/c1-3-21-13(20)10(12(16)19-6-4-5-7-19)11-9(15)8-17-14(18-11)22-2/h8,16H,3-7H2,1-2H3,(H,17,18)/b11-10-,16-12?. The van der Waals surface area contributed by atoms with Crippen LogP contribution in [0.5, 0.6) is 0 Å². The van der Waals surface area contributed by atoms with Gasteiger partial charge in [-0.2, -0.15) is 0 Å². The third kappa shape index (κ3) is 3.83. The van der Waals surface area contributed by atoms with E-state index in [2.05, 4.69) is 32.9 Å². The Labute approximate surface area is 148 Å². The van der Waals surface area contributed by atoms with Crippen molar-refractivity contribution in [1.82, 2.24) is 10.2 Å². The number of likely N-dealkylation sites (tertiary alicyclic amines) is 1. The molecule has 0 bridgehead atoms. The topological polar surface area (TPSA) is 77.8 Å². The van der Waals surface area contributed by atoms with E-state index < -0.39 is 5.97 Å². The summed E-state index contributed by atoms with van der Waals surface area (Å²) >= 11 is 3.58. The van der Waals surface area contributed by atoms with Gasteiger partial charge in [0, 0.05) is 19.3 Å². The maximum atomic E-state index is 12.4. The van der Waals surface area contributed by atoms with Crippen molar-refractivity contribution in [1.29, 1.82) is 5.41 Å². The Balaban J connectivity index is 2.41. The molecule has 2 aliphatic rings. The second kappa shape index (κ2) is 8.00. The number of nitrogens with zero attached hydrogens (tertiary/aromatic N) is 2. The van der Waals surface area contributed by atoms with E-state index in [-0.39, 0.29) is 18.0 Å². The van der Waals surface area contributed by atoms with Crippen molar-refractivity contribution >= 4 is 51.3 Å². The number of hydrogen-bond donors (Lipinski definition) is 2. The molecule has 6 nitrogen and oxygen atoms in total. The summed E-state index contributed by atoms with van der Waals surface area (Å²) in [4.78, 5) is 18.6. The van der Waals surface area contributed by atoms with Crippen LogP contribution >= 0.6 is 34.4 Å². The zero-order valence-corrected chi connectivity index (χ0v) is 15.6. The van der Waals surface area contributed by atoms with Crippen LogP contribution in [0.1, 0.15) is 19.8 Å². The second-order valence-electron chi connectivity index (χ2n) is 4.75. The third-order valence-electron chi connectivity index (χ3n) is 3.35. The minimum Gasteiger partial charge on any atom is -0.462 e. The zero-order chi connectivity index (χ0) is 16.1. The summed E-state index contributed by atoms with van der Waals surface area (Å²) in [6.07, 6.45) is 5.71. The summed E-state index contributed by atoms with van der Waals surface area (Å²) in [6, 6.07) is 0. The zero-order valence-electron chi connectivity index (χ0n) is 12.6. The molecule has 0 amide bonds. The molecule has 0 atom stereocenters. The molecule has 1 saturated heterocycles. The summed E-state index contributed by atoms with van der Waals surface area (Å²) in [7, 11) is 0. The van der Waals surface area contributed by atoms with Crippen LogP contribution in [-0.4, -0.2) is 47.8 Å². The first kappa shape index (κ1) is 17.3. The lowest BCUT2D eigenvalue weighted by atomic mass is 10.1. The van der Waals surface area contributed by atoms with Gasteiger partial charge in [-0.05, 0) is 48.6 Å². The number of aliphatic imine (C=N–C) groups is 1. The monoisotopic (exact) mass is 434 g/mol. The number of carbonyl (C=O) groups is 1. The van der Waals surface area contributed by atoms with Gasteiger partial charge in [-0.3, -0.25) is 5.41 Å². The van der Waals surface area contributed by atoms with Crippen molar-refractivity contribution in [3.8, 4) is 0 Å². The molecule has 0 spiro atoms. The average Bonchev–Trinajstić information content (AvgIpc) is 3.04. The number of amidine groups is 2. The lowest BCUT2D eigenvalue weighted by Crippen LogP contribution is -2.36. The van der Waals surface area contributed by atoms with Crippen LogP contribution in [-0.2, 0) is 9.53 Å². The van der Waals surface area contributed by atoms with E-state index in [1.54, 1.807) is 13.1 Å². The van der Waals surface area contributed by atoms with Crippen LogP contribution in [0.4, 0.5) is 0 Å². The van der Waals surface area contributed by atoms with Crippen molar-refractivity contribution in [2.24, 2.45) is 4.99 Å². The van der Waals surface area contributed by atoms with Crippen LogP contribution in [0.15, 0.2) is 26.0 Å².